The molecule has 1 aromatic rings. The second-order valence-electron chi connectivity index (χ2n) is 5.17. The Morgan fingerprint density at radius 3 is 2.83 bits per heavy atom. The van der Waals surface area contributed by atoms with Gasteiger partial charge in [0.2, 0.25) is 0 Å². The summed E-state index contributed by atoms with van der Waals surface area (Å²) in [7, 11) is 0. The van der Waals surface area contributed by atoms with Crippen LogP contribution >= 0.6 is 0 Å². The number of amides is 1. The Balaban J connectivity index is 2.19. The molecule has 18 heavy (non-hydrogen) atoms. The van der Waals surface area contributed by atoms with E-state index in [1.165, 1.54) is 0 Å². The van der Waals surface area contributed by atoms with E-state index in [0.29, 0.717) is 38.0 Å². The van der Waals surface area contributed by atoms with Crippen molar-refractivity contribution in [2.45, 2.75) is 25.4 Å². The molecule has 1 amide bonds. The van der Waals surface area contributed by atoms with Crippen LogP contribution in [0.1, 0.15) is 29.3 Å². The maximum Gasteiger partial charge on any atom is 0.254 e. The summed E-state index contributed by atoms with van der Waals surface area (Å²) in [5.74, 6) is -0.00294. The standard InChI is InChI=1S/C14H20N2O2/c1-14(18)7-9-16(10-14)13(17)12-5-3-2-4-11(12)6-8-15/h2-5,18H,6-10,15H2,1H3. The number of hydrogen-bond acceptors (Lipinski definition) is 3. The fourth-order valence-corrected chi connectivity index (χ4v) is 2.39. The van der Waals surface area contributed by atoms with E-state index in [0.717, 1.165) is 5.56 Å². The van der Waals surface area contributed by atoms with E-state index in [-0.39, 0.29) is 5.91 Å². The molecule has 4 heteroatoms. The number of rotatable bonds is 3. The lowest BCUT2D eigenvalue weighted by Crippen LogP contribution is -2.34. The van der Waals surface area contributed by atoms with Gasteiger partial charge in [0.05, 0.1) is 5.60 Å². The van der Waals surface area contributed by atoms with E-state index in [1.807, 2.05) is 24.3 Å². The van der Waals surface area contributed by atoms with Crippen molar-refractivity contribution in [1.82, 2.24) is 4.90 Å². The van der Waals surface area contributed by atoms with Crippen molar-refractivity contribution < 1.29 is 9.90 Å². The van der Waals surface area contributed by atoms with Crippen LogP contribution in [0.4, 0.5) is 0 Å². The summed E-state index contributed by atoms with van der Waals surface area (Å²) in [5, 5.41) is 9.92. The van der Waals surface area contributed by atoms with Crippen molar-refractivity contribution in [3.63, 3.8) is 0 Å². The highest BCUT2D eigenvalue weighted by molar-refractivity contribution is 5.96. The molecule has 1 saturated heterocycles. The maximum absolute atomic E-state index is 12.4. The number of nitrogens with two attached hydrogens (primary N) is 1. The molecular formula is C14H20N2O2. The van der Waals surface area contributed by atoms with Crippen LogP contribution in [0.15, 0.2) is 24.3 Å². The lowest BCUT2D eigenvalue weighted by molar-refractivity contribution is 0.0571. The van der Waals surface area contributed by atoms with Crippen molar-refractivity contribution in [2.24, 2.45) is 5.73 Å². The molecule has 1 fully saturated rings. The van der Waals surface area contributed by atoms with Crippen molar-refractivity contribution in [1.29, 1.82) is 0 Å². The summed E-state index contributed by atoms with van der Waals surface area (Å²) in [4.78, 5) is 14.1. The van der Waals surface area contributed by atoms with E-state index in [1.54, 1.807) is 11.8 Å². The zero-order valence-electron chi connectivity index (χ0n) is 10.7. The highest BCUT2D eigenvalue weighted by Gasteiger charge is 2.34. The summed E-state index contributed by atoms with van der Waals surface area (Å²) < 4.78 is 0. The molecule has 0 aliphatic carbocycles. The zero-order chi connectivity index (χ0) is 13.2. The van der Waals surface area contributed by atoms with Gasteiger partial charge in [0.1, 0.15) is 0 Å². The van der Waals surface area contributed by atoms with Crippen molar-refractivity contribution in [3.8, 4) is 0 Å². The predicted octanol–water partition coefficient (Wildman–Crippen LogP) is 0.785. The van der Waals surface area contributed by atoms with E-state index >= 15 is 0 Å². The van der Waals surface area contributed by atoms with Gasteiger partial charge in [0, 0.05) is 18.7 Å². The summed E-state index contributed by atoms with van der Waals surface area (Å²) in [6.45, 7) is 3.32. The molecule has 4 nitrogen and oxygen atoms in total. The van der Waals surface area contributed by atoms with Gasteiger partial charge < -0.3 is 15.7 Å². The minimum Gasteiger partial charge on any atom is -0.388 e. The number of benzene rings is 1. The summed E-state index contributed by atoms with van der Waals surface area (Å²) >= 11 is 0. The number of hydrogen-bond donors (Lipinski definition) is 2. The predicted molar refractivity (Wildman–Crippen MR) is 70.3 cm³/mol. The van der Waals surface area contributed by atoms with E-state index in [4.69, 9.17) is 5.73 Å². The largest absolute Gasteiger partial charge is 0.388 e. The van der Waals surface area contributed by atoms with Gasteiger partial charge in [-0.2, -0.15) is 0 Å². The van der Waals surface area contributed by atoms with Crippen LogP contribution in [-0.2, 0) is 6.42 Å². The normalized spacial score (nSPS) is 23.4. The molecule has 0 saturated carbocycles. The van der Waals surface area contributed by atoms with E-state index in [9.17, 15) is 9.90 Å². The molecule has 0 radical (unpaired) electrons. The Labute approximate surface area is 107 Å². The number of aliphatic hydroxyl groups is 1. The molecule has 3 N–H and O–H groups in total. The SMILES string of the molecule is CC1(O)CCN(C(=O)c2ccccc2CCN)C1. The third-order valence-corrected chi connectivity index (χ3v) is 3.40. The number of β-amino-alcohol motifs (C(OH)–C–C–N with tert-alkyl or cyclic N) is 1. The van der Waals surface area contributed by atoms with Crippen molar-refractivity contribution in [3.05, 3.63) is 35.4 Å². The average Bonchev–Trinajstić information content (AvgIpc) is 2.70. The van der Waals surface area contributed by atoms with Crippen LogP contribution in [0.25, 0.3) is 0 Å². The maximum atomic E-state index is 12.4. The molecule has 1 unspecified atom stereocenters. The van der Waals surface area contributed by atoms with Gasteiger partial charge in [-0.15, -0.1) is 0 Å². The average molecular weight is 248 g/mol. The van der Waals surface area contributed by atoms with Crippen molar-refractivity contribution in [2.75, 3.05) is 19.6 Å². The van der Waals surface area contributed by atoms with E-state index < -0.39 is 5.60 Å². The molecule has 0 aromatic heterocycles. The number of likely N-dealkylation sites (tertiary alicyclic amines) is 1. The molecule has 2 rings (SSSR count). The first kappa shape index (κ1) is 13.1. The molecule has 1 aromatic carbocycles. The molecule has 1 aliphatic rings. The second kappa shape index (κ2) is 5.08. The summed E-state index contributed by atoms with van der Waals surface area (Å²) in [6, 6.07) is 7.55. The lowest BCUT2D eigenvalue weighted by Gasteiger charge is -2.20. The third-order valence-electron chi connectivity index (χ3n) is 3.40. The number of carbonyl (C=O) groups is 1. The van der Waals surface area contributed by atoms with Gasteiger partial charge >= 0.3 is 0 Å². The highest BCUT2D eigenvalue weighted by Crippen LogP contribution is 2.23. The first-order chi connectivity index (χ1) is 8.53. The topological polar surface area (TPSA) is 66.6 Å². The highest BCUT2D eigenvalue weighted by atomic mass is 16.3. The van der Waals surface area contributed by atoms with Crippen LogP contribution in [-0.4, -0.2) is 41.1 Å². The Hall–Kier alpha value is -1.39. The first-order valence-corrected chi connectivity index (χ1v) is 6.33. The Kier molecular flexibility index (Phi) is 3.68. The van der Waals surface area contributed by atoms with Gasteiger partial charge in [0.25, 0.3) is 5.91 Å². The van der Waals surface area contributed by atoms with Crippen LogP contribution in [0.3, 0.4) is 0 Å². The van der Waals surface area contributed by atoms with Crippen molar-refractivity contribution >= 4 is 5.91 Å². The smallest absolute Gasteiger partial charge is 0.254 e. The summed E-state index contributed by atoms with van der Waals surface area (Å²) in [5.41, 5.74) is 6.50. The quantitative estimate of drug-likeness (QED) is 0.831. The molecule has 0 spiro atoms. The fraction of sp³-hybridized carbons (Fsp3) is 0.500. The minimum atomic E-state index is -0.752. The van der Waals surface area contributed by atoms with Crippen LogP contribution in [0, 0.1) is 0 Å². The van der Waals surface area contributed by atoms with Crippen LogP contribution in [0.5, 0.6) is 0 Å². The van der Waals surface area contributed by atoms with Gasteiger partial charge in [-0.05, 0) is 37.9 Å². The zero-order valence-corrected chi connectivity index (χ0v) is 10.7. The lowest BCUT2D eigenvalue weighted by atomic mass is 10.0. The number of carbonyl (C=O) groups excluding carboxylic acids is 1. The molecule has 1 heterocycles. The number of nitrogens with zero attached hydrogens (tertiary/aromatic N) is 1. The second-order valence-corrected chi connectivity index (χ2v) is 5.17. The molecular weight excluding hydrogens is 228 g/mol. The molecule has 0 bridgehead atoms. The molecule has 1 atom stereocenters. The van der Waals surface area contributed by atoms with E-state index in [2.05, 4.69) is 0 Å². The van der Waals surface area contributed by atoms with Gasteiger partial charge in [0.15, 0.2) is 0 Å². The van der Waals surface area contributed by atoms with Crippen LogP contribution in [0.2, 0.25) is 0 Å². The van der Waals surface area contributed by atoms with Crippen LogP contribution < -0.4 is 5.73 Å². The van der Waals surface area contributed by atoms with Gasteiger partial charge in [-0.1, -0.05) is 18.2 Å². The monoisotopic (exact) mass is 248 g/mol. The fourth-order valence-electron chi connectivity index (χ4n) is 2.39. The molecule has 1 aliphatic heterocycles. The Morgan fingerprint density at radius 2 is 2.22 bits per heavy atom. The molecule has 98 valence electrons. The third kappa shape index (κ3) is 2.71. The van der Waals surface area contributed by atoms with Gasteiger partial charge in [-0.25, -0.2) is 0 Å². The summed E-state index contributed by atoms with van der Waals surface area (Å²) in [6.07, 6.45) is 1.34. The minimum absolute atomic E-state index is 0.00294. The Morgan fingerprint density at radius 1 is 1.50 bits per heavy atom. The first-order valence-electron chi connectivity index (χ1n) is 6.33. The van der Waals surface area contributed by atoms with Gasteiger partial charge in [-0.3, -0.25) is 4.79 Å². The Bertz CT molecular complexity index is 443.